The lowest BCUT2D eigenvalue weighted by Gasteiger charge is -2.26. The molecular formula is C7H14NOS+. The Balaban J connectivity index is 2.43. The summed E-state index contributed by atoms with van der Waals surface area (Å²) in [5, 5.41) is 3.72. The van der Waals surface area contributed by atoms with Crippen molar-refractivity contribution >= 4 is 17.2 Å². The van der Waals surface area contributed by atoms with Crippen molar-refractivity contribution in [3.8, 4) is 0 Å². The Bertz CT molecular complexity index is 129. The average molecular weight is 160 g/mol. The lowest BCUT2D eigenvalue weighted by molar-refractivity contribution is -0.0243. The van der Waals surface area contributed by atoms with Crippen LogP contribution in [0.4, 0.5) is 0 Å². The first-order valence-electron chi connectivity index (χ1n) is 3.53. The van der Waals surface area contributed by atoms with E-state index < -0.39 is 0 Å². The Hall–Kier alpha value is 0.0100. The van der Waals surface area contributed by atoms with Crippen LogP contribution in [-0.4, -0.2) is 30.0 Å². The van der Waals surface area contributed by atoms with E-state index in [1.807, 2.05) is 0 Å². The maximum absolute atomic E-state index is 5.57. The maximum atomic E-state index is 5.57. The highest BCUT2D eigenvalue weighted by molar-refractivity contribution is 7.76. The van der Waals surface area contributed by atoms with Crippen LogP contribution in [0.2, 0.25) is 0 Å². The van der Waals surface area contributed by atoms with Crippen LogP contribution < -0.4 is 5.32 Å². The van der Waals surface area contributed by atoms with Crippen LogP contribution in [0.15, 0.2) is 0 Å². The summed E-state index contributed by atoms with van der Waals surface area (Å²) < 4.78 is 5.57. The molecule has 10 heavy (non-hydrogen) atoms. The molecule has 0 aromatic carbocycles. The molecule has 58 valence electrons. The molecule has 1 aliphatic heterocycles. The van der Waals surface area contributed by atoms with Gasteiger partial charge in [-0.1, -0.05) is 0 Å². The molecule has 3 heteroatoms. The summed E-state index contributed by atoms with van der Waals surface area (Å²) >= 11 is 1.57. The molecule has 2 nitrogen and oxygen atoms in total. The fourth-order valence-corrected chi connectivity index (χ4v) is 1.68. The van der Waals surface area contributed by atoms with Crippen molar-refractivity contribution in [2.24, 2.45) is 0 Å². The molecule has 3 atom stereocenters. The maximum Gasteiger partial charge on any atom is 0.262 e. The summed E-state index contributed by atoms with van der Waals surface area (Å²) in [6, 6.07) is 0. The van der Waals surface area contributed by atoms with Crippen LogP contribution >= 0.6 is 0 Å². The molecule has 1 unspecified atom stereocenters. The minimum atomic E-state index is 0.284. The van der Waals surface area contributed by atoms with Crippen LogP contribution in [0.1, 0.15) is 13.8 Å². The van der Waals surface area contributed by atoms with E-state index in [0.29, 0.717) is 11.5 Å². The first-order chi connectivity index (χ1) is 4.74. The quantitative estimate of drug-likeness (QED) is 0.438. The van der Waals surface area contributed by atoms with Crippen LogP contribution in [0, 0.1) is 0 Å². The van der Waals surface area contributed by atoms with Gasteiger partial charge in [-0.3, -0.25) is 5.32 Å². The Kier molecular flexibility index (Phi) is 2.77. The second-order valence-electron chi connectivity index (χ2n) is 2.65. The number of hydrogen-bond acceptors (Lipinski definition) is 2. The van der Waals surface area contributed by atoms with E-state index >= 15 is 0 Å². The van der Waals surface area contributed by atoms with E-state index in [0.717, 1.165) is 6.54 Å². The molecule has 0 spiro atoms. The topological polar surface area (TPSA) is 21.3 Å². The van der Waals surface area contributed by atoms with E-state index in [2.05, 4.69) is 25.0 Å². The molecule has 1 rings (SSSR count). The first kappa shape index (κ1) is 8.11. The Morgan fingerprint density at radius 1 is 1.60 bits per heavy atom. The number of nitrogens with one attached hydrogen (secondary N) is 1. The fraction of sp³-hybridized carbons (Fsp3) is 0.857. The number of hydrogen-bond donors (Lipinski definition) is 1. The van der Waals surface area contributed by atoms with Gasteiger partial charge in [0.15, 0.2) is 17.2 Å². The third-order valence-corrected chi connectivity index (χ3v) is 2.57. The molecule has 0 saturated carbocycles. The van der Waals surface area contributed by atoms with Crippen molar-refractivity contribution in [3.05, 3.63) is 0 Å². The minimum Gasteiger partial charge on any atom is -0.367 e. The van der Waals surface area contributed by atoms with Crippen LogP contribution in [0.3, 0.4) is 0 Å². The SMILES string of the molecule is C=[S+]C1NC[C@@H](C)O[C@@H]1C. The van der Waals surface area contributed by atoms with E-state index in [1.165, 1.54) is 0 Å². The minimum absolute atomic E-state index is 0.284. The summed E-state index contributed by atoms with van der Waals surface area (Å²) in [5.74, 6) is 3.76. The van der Waals surface area contributed by atoms with Crippen LogP contribution in [0.25, 0.3) is 0 Å². The second-order valence-corrected chi connectivity index (χ2v) is 3.49. The average Bonchev–Trinajstić information content (AvgIpc) is 1.88. The molecule has 0 aromatic heterocycles. The molecule has 0 bridgehead atoms. The predicted octanol–water partition coefficient (Wildman–Crippen LogP) is 0.224. The highest BCUT2D eigenvalue weighted by Crippen LogP contribution is 2.07. The van der Waals surface area contributed by atoms with Gasteiger partial charge in [0.2, 0.25) is 0 Å². The molecule has 0 radical (unpaired) electrons. The molecule has 1 heterocycles. The zero-order valence-corrected chi connectivity index (χ0v) is 7.28. The van der Waals surface area contributed by atoms with Crippen molar-refractivity contribution in [3.63, 3.8) is 0 Å². The van der Waals surface area contributed by atoms with E-state index in [1.54, 1.807) is 11.4 Å². The van der Waals surface area contributed by atoms with Gasteiger partial charge in [0.25, 0.3) is 5.37 Å². The summed E-state index contributed by atoms with van der Waals surface area (Å²) in [5.41, 5.74) is 0. The largest absolute Gasteiger partial charge is 0.367 e. The Morgan fingerprint density at radius 2 is 2.30 bits per heavy atom. The van der Waals surface area contributed by atoms with E-state index in [4.69, 9.17) is 4.74 Å². The second kappa shape index (κ2) is 3.42. The summed E-state index contributed by atoms with van der Waals surface area (Å²) in [4.78, 5) is 0. The summed E-state index contributed by atoms with van der Waals surface area (Å²) in [6.07, 6.45) is 0.629. The molecule has 0 aliphatic carbocycles. The Labute approximate surface area is 65.9 Å². The zero-order chi connectivity index (χ0) is 7.56. The molecule has 1 N–H and O–H groups in total. The van der Waals surface area contributed by atoms with Gasteiger partial charge in [-0.05, 0) is 13.8 Å². The smallest absolute Gasteiger partial charge is 0.262 e. The molecule has 1 aliphatic rings. The molecule has 0 aromatic rings. The first-order valence-corrected chi connectivity index (χ1v) is 4.58. The summed E-state index contributed by atoms with van der Waals surface area (Å²) in [7, 11) is 0. The van der Waals surface area contributed by atoms with Crippen LogP contribution in [0.5, 0.6) is 0 Å². The van der Waals surface area contributed by atoms with Gasteiger partial charge in [-0.15, -0.1) is 0 Å². The highest BCUT2D eigenvalue weighted by Gasteiger charge is 2.30. The number of ether oxygens (including phenoxy) is 1. The van der Waals surface area contributed by atoms with Gasteiger partial charge in [0.05, 0.1) is 6.10 Å². The van der Waals surface area contributed by atoms with Crippen LogP contribution in [-0.2, 0) is 16.1 Å². The third kappa shape index (κ3) is 1.75. The fourth-order valence-electron chi connectivity index (χ4n) is 1.13. The molecule has 1 fully saturated rings. The standard InChI is InChI=1S/C7H14NOS/c1-5-4-8-7(10-3)6(2)9-5/h5-8H,3-4H2,1-2H3/q+1/t5-,6-,7?/m1/s1. The normalized spacial score (nSPS) is 41.2. The number of rotatable bonds is 1. The lowest BCUT2D eigenvalue weighted by atomic mass is 10.3. The van der Waals surface area contributed by atoms with Crippen molar-refractivity contribution in [2.75, 3.05) is 6.54 Å². The predicted molar refractivity (Wildman–Crippen MR) is 46.3 cm³/mol. The van der Waals surface area contributed by atoms with Gasteiger partial charge < -0.3 is 4.74 Å². The number of morpholine rings is 1. The molecular weight excluding hydrogens is 146 g/mol. The Morgan fingerprint density at radius 3 is 2.80 bits per heavy atom. The monoisotopic (exact) mass is 160 g/mol. The van der Waals surface area contributed by atoms with Crippen molar-refractivity contribution in [2.45, 2.75) is 31.4 Å². The molecule has 0 amide bonds. The van der Waals surface area contributed by atoms with Gasteiger partial charge in [-0.2, -0.15) is 0 Å². The van der Waals surface area contributed by atoms with Gasteiger partial charge >= 0.3 is 0 Å². The molecule has 1 saturated heterocycles. The zero-order valence-electron chi connectivity index (χ0n) is 6.46. The van der Waals surface area contributed by atoms with Crippen molar-refractivity contribution in [1.29, 1.82) is 0 Å². The lowest BCUT2D eigenvalue weighted by Crippen LogP contribution is -2.49. The van der Waals surface area contributed by atoms with E-state index in [9.17, 15) is 0 Å². The third-order valence-electron chi connectivity index (χ3n) is 1.66. The van der Waals surface area contributed by atoms with Gasteiger partial charge in [-0.25, -0.2) is 0 Å². The highest BCUT2D eigenvalue weighted by atomic mass is 32.1. The van der Waals surface area contributed by atoms with E-state index in [-0.39, 0.29) is 6.10 Å². The van der Waals surface area contributed by atoms with Gasteiger partial charge in [0, 0.05) is 6.54 Å². The van der Waals surface area contributed by atoms with Crippen molar-refractivity contribution < 1.29 is 4.74 Å². The van der Waals surface area contributed by atoms with Crippen molar-refractivity contribution in [1.82, 2.24) is 5.32 Å². The summed E-state index contributed by atoms with van der Waals surface area (Å²) in [6.45, 7) is 5.09. The van der Waals surface area contributed by atoms with Gasteiger partial charge in [0.1, 0.15) is 6.10 Å².